The van der Waals surface area contributed by atoms with Crippen molar-refractivity contribution in [1.82, 2.24) is 5.32 Å². The first-order chi connectivity index (χ1) is 8.83. The number of methoxy groups -OCH3 is 1. The molecule has 0 atom stereocenters. The quantitative estimate of drug-likeness (QED) is 0.841. The van der Waals surface area contributed by atoms with Crippen LogP contribution in [-0.2, 0) is 0 Å². The fraction of sp³-hybridized carbons (Fsp3) is 0.571. The van der Waals surface area contributed by atoms with E-state index in [-0.39, 0.29) is 0 Å². The molecule has 1 fully saturated rings. The van der Waals surface area contributed by atoms with Gasteiger partial charge in [0.15, 0.2) is 11.5 Å². The lowest BCUT2D eigenvalue weighted by Gasteiger charge is -2.25. The van der Waals surface area contributed by atoms with Crippen LogP contribution in [0, 0.1) is 0 Å². The summed E-state index contributed by atoms with van der Waals surface area (Å²) in [4.78, 5) is 0. The zero-order valence-corrected chi connectivity index (χ0v) is 11.2. The van der Waals surface area contributed by atoms with Crippen LogP contribution in [0.25, 0.3) is 0 Å². The van der Waals surface area contributed by atoms with E-state index in [4.69, 9.17) is 9.47 Å². The highest BCUT2D eigenvalue weighted by Crippen LogP contribution is 2.30. The van der Waals surface area contributed by atoms with Crippen molar-refractivity contribution in [3.05, 3.63) is 18.2 Å². The molecule has 2 rings (SSSR count). The van der Waals surface area contributed by atoms with Gasteiger partial charge in [-0.3, -0.25) is 0 Å². The van der Waals surface area contributed by atoms with Crippen molar-refractivity contribution in [2.75, 3.05) is 32.1 Å². The number of piperidine rings is 1. The van der Waals surface area contributed by atoms with Crippen molar-refractivity contribution in [2.45, 2.75) is 25.8 Å². The van der Waals surface area contributed by atoms with Gasteiger partial charge in [0.25, 0.3) is 0 Å². The zero-order chi connectivity index (χ0) is 12.8. The van der Waals surface area contributed by atoms with Crippen LogP contribution < -0.4 is 20.1 Å². The van der Waals surface area contributed by atoms with E-state index in [9.17, 15) is 0 Å². The minimum absolute atomic E-state index is 0.550. The van der Waals surface area contributed by atoms with E-state index in [1.54, 1.807) is 7.11 Å². The second-order valence-electron chi connectivity index (χ2n) is 4.47. The van der Waals surface area contributed by atoms with Crippen LogP contribution in [0.4, 0.5) is 5.69 Å². The predicted octanol–water partition coefficient (Wildman–Crippen LogP) is 2.26. The van der Waals surface area contributed by atoms with Crippen LogP contribution in [0.3, 0.4) is 0 Å². The van der Waals surface area contributed by atoms with E-state index in [1.807, 2.05) is 25.1 Å². The summed E-state index contributed by atoms with van der Waals surface area (Å²) in [5.41, 5.74) is 1.10. The number of hydrogen-bond acceptors (Lipinski definition) is 4. The third kappa shape index (κ3) is 3.29. The fourth-order valence-corrected chi connectivity index (χ4v) is 2.24. The topological polar surface area (TPSA) is 42.5 Å². The van der Waals surface area contributed by atoms with Crippen LogP contribution >= 0.6 is 0 Å². The minimum Gasteiger partial charge on any atom is -0.493 e. The average molecular weight is 250 g/mol. The maximum Gasteiger partial charge on any atom is 0.163 e. The van der Waals surface area contributed by atoms with Gasteiger partial charge in [-0.15, -0.1) is 0 Å². The van der Waals surface area contributed by atoms with Crippen LogP contribution in [0.2, 0.25) is 0 Å². The largest absolute Gasteiger partial charge is 0.493 e. The molecular formula is C14H22N2O2. The van der Waals surface area contributed by atoms with Gasteiger partial charge in [-0.1, -0.05) is 0 Å². The Kier molecular flexibility index (Phi) is 4.70. The Labute approximate surface area is 109 Å². The first-order valence-electron chi connectivity index (χ1n) is 6.61. The smallest absolute Gasteiger partial charge is 0.163 e. The van der Waals surface area contributed by atoms with Gasteiger partial charge in [-0.05, 0) is 45.0 Å². The maximum absolute atomic E-state index is 5.58. The van der Waals surface area contributed by atoms with Crippen LogP contribution in [0.5, 0.6) is 11.5 Å². The lowest BCUT2D eigenvalue weighted by Crippen LogP contribution is -2.35. The lowest BCUT2D eigenvalue weighted by molar-refractivity contribution is 0.311. The van der Waals surface area contributed by atoms with Gasteiger partial charge in [-0.2, -0.15) is 0 Å². The molecule has 4 heteroatoms. The van der Waals surface area contributed by atoms with E-state index in [2.05, 4.69) is 10.6 Å². The second-order valence-corrected chi connectivity index (χ2v) is 4.47. The normalized spacial score (nSPS) is 16.3. The summed E-state index contributed by atoms with van der Waals surface area (Å²) in [5.74, 6) is 1.59. The lowest BCUT2D eigenvalue weighted by atomic mass is 10.1. The highest BCUT2D eigenvalue weighted by atomic mass is 16.5. The molecule has 1 heterocycles. The molecule has 1 saturated heterocycles. The van der Waals surface area contributed by atoms with Gasteiger partial charge in [0.05, 0.1) is 13.7 Å². The zero-order valence-electron chi connectivity index (χ0n) is 11.2. The van der Waals surface area contributed by atoms with E-state index >= 15 is 0 Å². The summed E-state index contributed by atoms with van der Waals surface area (Å²) in [6, 6.07) is 6.57. The molecule has 0 unspecified atom stereocenters. The third-order valence-electron chi connectivity index (χ3n) is 3.17. The molecule has 18 heavy (non-hydrogen) atoms. The van der Waals surface area contributed by atoms with Gasteiger partial charge < -0.3 is 20.1 Å². The average Bonchev–Trinajstić information content (AvgIpc) is 2.41. The predicted molar refractivity (Wildman–Crippen MR) is 73.7 cm³/mol. The molecule has 0 spiro atoms. The molecule has 0 bridgehead atoms. The first-order valence-corrected chi connectivity index (χ1v) is 6.61. The number of nitrogens with one attached hydrogen (secondary N) is 2. The van der Waals surface area contributed by atoms with E-state index in [1.165, 1.54) is 0 Å². The summed E-state index contributed by atoms with van der Waals surface area (Å²) in [6.07, 6.45) is 2.33. The molecular weight excluding hydrogens is 228 g/mol. The molecule has 1 aliphatic rings. The molecule has 1 aliphatic heterocycles. The second kappa shape index (κ2) is 6.50. The van der Waals surface area contributed by atoms with Gasteiger partial charge in [0.2, 0.25) is 0 Å². The number of hydrogen-bond donors (Lipinski definition) is 2. The molecule has 0 aromatic heterocycles. The highest BCUT2D eigenvalue weighted by Gasteiger charge is 2.13. The monoisotopic (exact) mass is 250 g/mol. The summed E-state index contributed by atoms with van der Waals surface area (Å²) >= 11 is 0. The van der Waals surface area contributed by atoms with Crippen LogP contribution in [0.1, 0.15) is 19.8 Å². The summed E-state index contributed by atoms with van der Waals surface area (Å²) < 4.78 is 10.9. The Bertz CT molecular complexity index is 376. The molecule has 4 nitrogen and oxygen atoms in total. The summed E-state index contributed by atoms with van der Waals surface area (Å²) in [6.45, 7) is 4.80. The Balaban J connectivity index is 2.05. The minimum atomic E-state index is 0.550. The summed E-state index contributed by atoms with van der Waals surface area (Å²) in [5, 5.41) is 6.92. The van der Waals surface area contributed by atoms with Gasteiger partial charge in [0, 0.05) is 17.8 Å². The third-order valence-corrected chi connectivity index (χ3v) is 3.17. The Hall–Kier alpha value is -1.42. The highest BCUT2D eigenvalue weighted by molar-refractivity contribution is 5.55. The molecule has 1 aromatic rings. The van der Waals surface area contributed by atoms with Crippen molar-refractivity contribution in [1.29, 1.82) is 0 Å². The molecule has 100 valence electrons. The van der Waals surface area contributed by atoms with Crippen molar-refractivity contribution in [3.63, 3.8) is 0 Å². The number of benzene rings is 1. The van der Waals surface area contributed by atoms with Gasteiger partial charge in [-0.25, -0.2) is 0 Å². The maximum atomic E-state index is 5.58. The molecule has 0 amide bonds. The molecule has 0 aliphatic carbocycles. The number of rotatable bonds is 5. The molecule has 0 saturated carbocycles. The fourth-order valence-electron chi connectivity index (χ4n) is 2.24. The first kappa shape index (κ1) is 13.0. The standard InChI is InChI=1S/C14H22N2O2/c1-3-18-14-10-12(4-5-13(14)17-2)16-11-6-8-15-9-7-11/h4-5,10-11,15-16H,3,6-9H2,1-2H3. The van der Waals surface area contributed by atoms with Gasteiger partial charge >= 0.3 is 0 Å². The number of ether oxygens (including phenoxy) is 2. The Morgan fingerprint density at radius 3 is 2.72 bits per heavy atom. The molecule has 2 N–H and O–H groups in total. The van der Waals surface area contributed by atoms with E-state index in [0.717, 1.165) is 43.1 Å². The van der Waals surface area contributed by atoms with Crippen molar-refractivity contribution >= 4 is 5.69 Å². The van der Waals surface area contributed by atoms with E-state index < -0.39 is 0 Å². The SMILES string of the molecule is CCOc1cc(NC2CCNCC2)ccc1OC. The molecule has 1 aromatic carbocycles. The Morgan fingerprint density at radius 1 is 1.28 bits per heavy atom. The van der Waals surface area contributed by atoms with Crippen molar-refractivity contribution in [2.24, 2.45) is 0 Å². The van der Waals surface area contributed by atoms with Crippen molar-refractivity contribution in [3.8, 4) is 11.5 Å². The Morgan fingerprint density at radius 2 is 2.06 bits per heavy atom. The molecule has 0 radical (unpaired) electrons. The van der Waals surface area contributed by atoms with Crippen LogP contribution in [-0.4, -0.2) is 32.8 Å². The van der Waals surface area contributed by atoms with Crippen LogP contribution in [0.15, 0.2) is 18.2 Å². The van der Waals surface area contributed by atoms with Gasteiger partial charge in [0.1, 0.15) is 0 Å². The van der Waals surface area contributed by atoms with E-state index in [0.29, 0.717) is 12.6 Å². The summed E-state index contributed by atoms with van der Waals surface area (Å²) in [7, 11) is 1.66. The van der Waals surface area contributed by atoms with Crippen molar-refractivity contribution < 1.29 is 9.47 Å². The number of anilines is 1.